The van der Waals surface area contributed by atoms with Gasteiger partial charge >= 0.3 is 0 Å². The zero-order valence-electron chi connectivity index (χ0n) is 15.9. The fraction of sp³-hybridized carbons (Fsp3) is 0.600. The second kappa shape index (κ2) is 7.47. The van der Waals surface area contributed by atoms with E-state index in [-0.39, 0.29) is 0 Å². The van der Waals surface area contributed by atoms with Crippen molar-refractivity contribution in [2.75, 3.05) is 26.7 Å². The first-order valence-electron chi connectivity index (χ1n) is 9.45. The van der Waals surface area contributed by atoms with Gasteiger partial charge in [-0.2, -0.15) is 0 Å². The third-order valence-corrected chi connectivity index (χ3v) is 6.03. The molecule has 0 aliphatic carbocycles. The van der Waals surface area contributed by atoms with Crippen molar-refractivity contribution >= 4 is 0 Å². The van der Waals surface area contributed by atoms with Gasteiger partial charge in [-0.1, -0.05) is 11.2 Å². The lowest BCUT2D eigenvalue weighted by Crippen LogP contribution is -2.50. The Morgan fingerprint density at radius 1 is 1.27 bits per heavy atom. The van der Waals surface area contributed by atoms with E-state index in [2.05, 4.69) is 26.0 Å². The standard InChI is InChI=1S/C20H28N4O2/c1-14-17(15(2)26-22-14)12-24-8-6-20(25-3)18-11-23(13-19(18)24)10-16-5-4-7-21-9-16/h4-5,7,9,18-20H,6,8,10-13H2,1-3H3/t18-,19+,20-/m1/s1. The lowest BCUT2D eigenvalue weighted by molar-refractivity contribution is -0.0246. The summed E-state index contributed by atoms with van der Waals surface area (Å²) in [5.41, 5.74) is 3.53. The molecule has 3 atom stereocenters. The summed E-state index contributed by atoms with van der Waals surface area (Å²) in [6.45, 7) is 9.13. The zero-order valence-corrected chi connectivity index (χ0v) is 15.9. The minimum absolute atomic E-state index is 0.347. The third kappa shape index (κ3) is 3.41. The number of methoxy groups -OCH3 is 1. The van der Waals surface area contributed by atoms with Crippen LogP contribution in [0.5, 0.6) is 0 Å². The fourth-order valence-corrected chi connectivity index (χ4v) is 4.62. The number of aryl methyl sites for hydroxylation is 2. The average molecular weight is 356 g/mol. The molecule has 140 valence electrons. The Morgan fingerprint density at radius 3 is 2.85 bits per heavy atom. The molecule has 2 saturated heterocycles. The normalized spacial score (nSPS) is 27.0. The van der Waals surface area contributed by atoms with Crippen LogP contribution in [0, 0.1) is 19.8 Å². The molecule has 0 spiro atoms. The number of hydrogen-bond acceptors (Lipinski definition) is 6. The van der Waals surface area contributed by atoms with E-state index in [4.69, 9.17) is 9.26 Å². The maximum atomic E-state index is 5.84. The van der Waals surface area contributed by atoms with Crippen LogP contribution < -0.4 is 0 Å². The molecule has 0 aromatic carbocycles. The molecule has 6 nitrogen and oxygen atoms in total. The van der Waals surface area contributed by atoms with E-state index in [1.807, 2.05) is 39.4 Å². The third-order valence-electron chi connectivity index (χ3n) is 6.03. The molecule has 4 heterocycles. The summed E-state index contributed by atoms with van der Waals surface area (Å²) in [7, 11) is 1.86. The highest BCUT2D eigenvalue weighted by Crippen LogP contribution is 2.34. The van der Waals surface area contributed by atoms with E-state index < -0.39 is 0 Å². The first-order chi connectivity index (χ1) is 12.7. The molecule has 2 aromatic rings. The summed E-state index contributed by atoms with van der Waals surface area (Å²) in [6.07, 6.45) is 5.23. The molecule has 2 aliphatic rings. The minimum atomic E-state index is 0.347. The van der Waals surface area contributed by atoms with Crippen molar-refractivity contribution in [1.82, 2.24) is 19.9 Å². The van der Waals surface area contributed by atoms with Crippen LogP contribution >= 0.6 is 0 Å². The minimum Gasteiger partial charge on any atom is -0.381 e. The average Bonchev–Trinajstić information content (AvgIpc) is 3.21. The predicted octanol–water partition coefficient (Wildman–Crippen LogP) is 2.41. The van der Waals surface area contributed by atoms with Crippen molar-refractivity contribution in [2.24, 2.45) is 5.92 Å². The fourth-order valence-electron chi connectivity index (χ4n) is 4.62. The Labute approximate surface area is 155 Å². The van der Waals surface area contributed by atoms with Gasteiger partial charge in [0, 0.05) is 69.8 Å². The van der Waals surface area contributed by atoms with Crippen LogP contribution in [-0.2, 0) is 17.8 Å². The molecule has 26 heavy (non-hydrogen) atoms. The molecule has 0 saturated carbocycles. The number of nitrogens with zero attached hydrogens (tertiary/aromatic N) is 4. The Balaban J connectivity index is 1.50. The maximum Gasteiger partial charge on any atom is 0.138 e. The van der Waals surface area contributed by atoms with Gasteiger partial charge in [0.15, 0.2) is 0 Å². The molecule has 0 N–H and O–H groups in total. The predicted molar refractivity (Wildman–Crippen MR) is 98.6 cm³/mol. The highest BCUT2D eigenvalue weighted by atomic mass is 16.5. The van der Waals surface area contributed by atoms with Crippen LogP contribution in [0.1, 0.15) is 29.0 Å². The van der Waals surface area contributed by atoms with Crippen LogP contribution in [0.4, 0.5) is 0 Å². The van der Waals surface area contributed by atoms with E-state index >= 15 is 0 Å². The molecule has 2 fully saturated rings. The molecule has 2 aliphatic heterocycles. The van der Waals surface area contributed by atoms with Crippen molar-refractivity contribution in [3.63, 3.8) is 0 Å². The van der Waals surface area contributed by atoms with Gasteiger partial charge in [0.2, 0.25) is 0 Å². The highest BCUT2D eigenvalue weighted by Gasteiger charge is 2.44. The van der Waals surface area contributed by atoms with Crippen molar-refractivity contribution in [2.45, 2.75) is 45.5 Å². The largest absolute Gasteiger partial charge is 0.381 e. The van der Waals surface area contributed by atoms with Crippen molar-refractivity contribution in [3.05, 3.63) is 47.1 Å². The molecule has 0 bridgehead atoms. The van der Waals surface area contributed by atoms with Gasteiger partial charge in [0.1, 0.15) is 5.76 Å². The Morgan fingerprint density at radius 2 is 2.15 bits per heavy atom. The number of aromatic nitrogens is 2. The van der Waals surface area contributed by atoms with Gasteiger partial charge in [-0.15, -0.1) is 0 Å². The first kappa shape index (κ1) is 17.6. The maximum absolute atomic E-state index is 5.84. The summed E-state index contributed by atoms with van der Waals surface area (Å²) in [5.74, 6) is 1.49. The monoisotopic (exact) mass is 356 g/mol. The van der Waals surface area contributed by atoms with Crippen molar-refractivity contribution in [1.29, 1.82) is 0 Å². The molecule has 4 rings (SSSR count). The summed E-state index contributed by atoms with van der Waals surface area (Å²) >= 11 is 0. The number of hydrogen-bond donors (Lipinski definition) is 0. The Kier molecular flexibility index (Phi) is 5.07. The van der Waals surface area contributed by atoms with Crippen LogP contribution in [0.15, 0.2) is 29.0 Å². The first-order valence-corrected chi connectivity index (χ1v) is 9.45. The number of fused-ring (bicyclic) bond motifs is 1. The summed E-state index contributed by atoms with van der Waals surface area (Å²) in [6, 6.07) is 4.68. The smallest absolute Gasteiger partial charge is 0.138 e. The lowest BCUT2D eigenvalue weighted by atomic mass is 9.88. The van der Waals surface area contributed by atoms with E-state index in [1.54, 1.807) is 0 Å². The summed E-state index contributed by atoms with van der Waals surface area (Å²) < 4.78 is 11.2. The van der Waals surface area contributed by atoms with Crippen molar-refractivity contribution < 1.29 is 9.26 Å². The summed E-state index contributed by atoms with van der Waals surface area (Å²) in [4.78, 5) is 9.41. The molecule has 2 aromatic heterocycles. The number of pyridine rings is 1. The number of rotatable bonds is 5. The van der Waals surface area contributed by atoms with Gasteiger partial charge in [-0.25, -0.2) is 0 Å². The zero-order chi connectivity index (χ0) is 18.1. The van der Waals surface area contributed by atoms with Crippen LogP contribution in [0.2, 0.25) is 0 Å². The summed E-state index contributed by atoms with van der Waals surface area (Å²) in [5, 5.41) is 4.13. The van der Waals surface area contributed by atoms with Crippen LogP contribution in [0.3, 0.4) is 0 Å². The highest BCUT2D eigenvalue weighted by molar-refractivity contribution is 5.21. The number of likely N-dealkylation sites (tertiary alicyclic amines) is 2. The molecular formula is C20H28N4O2. The van der Waals surface area contributed by atoms with Gasteiger partial charge in [0.05, 0.1) is 11.8 Å². The van der Waals surface area contributed by atoms with Gasteiger partial charge in [-0.05, 0) is 31.9 Å². The quantitative estimate of drug-likeness (QED) is 0.820. The SMILES string of the molecule is CO[C@@H]1CCN(Cc2c(C)noc2C)[C@H]2CN(Cc3cccnc3)C[C@@H]12. The Bertz CT molecular complexity index is 713. The molecule has 6 heteroatoms. The topological polar surface area (TPSA) is 54.6 Å². The van der Waals surface area contributed by atoms with Crippen molar-refractivity contribution in [3.8, 4) is 0 Å². The van der Waals surface area contributed by atoms with E-state index in [9.17, 15) is 0 Å². The molecular weight excluding hydrogens is 328 g/mol. The Hall–Kier alpha value is -1.76. The van der Waals surface area contributed by atoms with Crippen LogP contribution in [-0.4, -0.2) is 58.8 Å². The van der Waals surface area contributed by atoms with Gasteiger partial charge in [-0.3, -0.25) is 14.8 Å². The molecule has 0 radical (unpaired) electrons. The molecule has 0 amide bonds. The lowest BCUT2D eigenvalue weighted by Gasteiger charge is -2.41. The van der Waals surface area contributed by atoms with E-state index in [1.165, 1.54) is 11.1 Å². The second-order valence-corrected chi connectivity index (χ2v) is 7.62. The second-order valence-electron chi connectivity index (χ2n) is 7.62. The van der Waals surface area contributed by atoms with E-state index in [0.29, 0.717) is 18.1 Å². The molecule has 0 unspecified atom stereocenters. The van der Waals surface area contributed by atoms with Gasteiger partial charge < -0.3 is 9.26 Å². The van der Waals surface area contributed by atoms with E-state index in [0.717, 1.165) is 50.6 Å². The number of piperidine rings is 1. The van der Waals surface area contributed by atoms with Crippen LogP contribution in [0.25, 0.3) is 0 Å². The number of ether oxygens (including phenoxy) is 1. The van der Waals surface area contributed by atoms with Gasteiger partial charge in [0.25, 0.3) is 0 Å².